The molecule has 2 rings (SSSR count). The minimum Gasteiger partial charge on any atom is -0.394 e. The van der Waals surface area contributed by atoms with E-state index in [2.05, 4.69) is 10.3 Å². The van der Waals surface area contributed by atoms with Gasteiger partial charge in [0.05, 0.1) is 18.2 Å². The number of para-hydroxylation sites is 1. The Hall–Kier alpha value is -1.85. The Morgan fingerprint density at radius 2 is 2.15 bits per heavy atom. The molecule has 1 heterocycles. The van der Waals surface area contributed by atoms with E-state index >= 15 is 0 Å². The Kier molecular flexibility index (Phi) is 4.11. The predicted molar refractivity (Wildman–Crippen MR) is 79.3 cm³/mol. The smallest absolute Gasteiger partial charge is 0.237 e. The first kappa shape index (κ1) is 14.6. The summed E-state index contributed by atoms with van der Waals surface area (Å²) in [4.78, 5) is 15.2. The van der Waals surface area contributed by atoms with Crippen molar-refractivity contribution in [3.8, 4) is 0 Å². The Morgan fingerprint density at radius 1 is 1.45 bits per heavy atom. The van der Waals surface area contributed by atoms with E-state index in [1.54, 1.807) is 13.8 Å². The molecule has 1 unspecified atom stereocenters. The number of rotatable bonds is 5. The van der Waals surface area contributed by atoms with E-state index in [9.17, 15) is 4.79 Å². The average Bonchev–Trinajstić information content (AvgIpc) is 2.82. The van der Waals surface area contributed by atoms with Crippen LogP contribution in [0.3, 0.4) is 0 Å². The van der Waals surface area contributed by atoms with Crippen LogP contribution in [0, 0.1) is 0 Å². The second-order valence-electron chi connectivity index (χ2n) is 5.70. The van der Waals surface area contributed by atoms with Crippen LogP contribution in [0.2, 0.25) is 0 Å². The Morgan fingerprint density at radius 3 is 2.85 bits per heavy atom. The molecule has 0 radical (unpaired) electrons. The van der Waals surface area contributed by atoms with Gasteiger partial charge in [-0.2, -0.15) is 0 Å². The largest absolute Gasteiger partial charge is 0.394 e. The minimum atomic E-state index is -0.658. The molecule has 0 saturated heterocycles. The van der Waals surface area contributed by atoms with Crippen molar-refractivity contribution < 1.29 is 9.90 Å². The third kappa shape index (κ3) is 3.18. The van der Waals surface area contributed by atoms with E-state index in [0.717, 1.165) is 16.5 Å². The molecule has 1 aromatic heterocycles. The SMILES string of the molecule is CC(C)(CO)NC(=O)C(N)Cc1c[nH]c2ccccc12. The molecule has 5 N–H and O–H groups in total. The van der Waals surface area contributed by atoms with Crippen molar-refractivity contribution in [3.05, 3.63) is 36.0 Å². The van der Waals surface area contributed by atoms with Gasteiger partial charge in [-0.25, -0.2) is 0 Å². The molecule has 1 atom stereocenters. The first-order chi connectivity index (χ1) is 9.43. The van der Waals surface area contributed by atoms with Crippen LogP contribution in [0.25, 0.3) is 10.9 Å². The summed E-state index contributed by atoms with van der Waals surface area (Å²) in [5, 5.41) is 13.0. The zero-order chi connectivity index (χ0) is 14.8. The van der Waals surface area contributed by atoms with Crippen LogP contribution in [0.4, 0.5) is 0 Å². The molecule has 5 nitrogen and oxygen atoms in total. The normalized spacial score (nSPS) is 13.4. The highest BCUT2D eigenvalue weighted by Crippen LogP contribution is 2.18. The number of benzene rings is 1. The van der Waals surface area contributed by atoms with E-state index < -0.39 is 11.6 Å². The van der Waals surface area contributed by atoms with Crippen molar-refractivity contribution in [1.29, 1.82) is 0 Å². The van der Waals surface area contributed by atoms with Crippen molar-refractivity contribution >= 4 is 16.8 Å². The van der Waals surface area contributed by atoms with Gasteiger partial charge in [0, 0.05) is 17.1 Å². The first-order valence-electron chi connectivity index (χ1n) is 6.66. The third-order valence-electron chi connectivity index (χ3n) is 3.31. The highest BCUT2D eigenvalue weighted by atomic mass is 16.3. The maximum atomic E-state index is 12.0. The fourth-order valence-corrected chi connectivity index (χ4v) is 2.10. The summed E-state index contributed by atoms with van der Waals surface area (Å²) in [6, 6.07) is 7.27. The van der Waals surface area contributed by atoms with Crippen molar-refractivity contribution in [1.82, 2.24) is 10.3 Å². The number of fused-ring (bicyclic) bond motifs is 1. The lowest BCUT2D eigenvalue weighted by Gasteiger charge is -2.25. The second kappa shape index (κ2) is 5.64. The number of aliphatic hydroxyl groups is 1. The topological polar surface area (TPSA) is 91.1 Å². The maximum absolute atomic E-state index is 12.0. The number of carbonyl (C=O) groups excluding carboxylic acids is 1. The second-order valence-corrected chi connectivity index (χ2v) is 5.70. The molecule has 108 valence electrons. The fourth-order valence-electron chi connectivity index (χ4n) is 2.10. The molecule has 2 aromatic rings. The number of nitrogens with one attached hydrogen (secondary N) is 2. The lowest BCUT2D eigenvalue weighted by molar-refractivity contribution is -0.124. The summed E-state index contributed by atoms with van der Waals surface area (Å²) in [5.74, 6) is -0.255. The third-order valence-corrected chi connectivity index (χ3v) is 3.31. The number of amides is 1. The molecule has 0 spiro atoms. The Labute approximate surface area is 118 Å². The van der Waals surface area contributed by atoms with Gasteiger partial charge in [0.1, 0.15) is 0 Å². The number of aliphatic hydroxyl groups excluding tert-OH is 1. The van der Waals surface area contributed by atoms with Gasteiger partial charge in [0.15, 0.2) is 0 Å². The van der Waals surface area contributed by atoms with Crippen LogP contribution < -0.4 is 11.1 Å². The summed E-state index contributed by atoms with van der Waals surface area (Å²) in [5.41, 5.74) is 7.35. The van der Waals surface area contributed by atoms with E-state index in [4.69, 9.17) is 10.8 Å². The summed E-state index contributed by atoms with van der Waals surface area (Å²) in [6.45, 7) is 3.38. The molecule has 0 aliphatic heterocycles. The van der Waals surface area contributed by atoms with Crippen LogP contribution in [0.5, 0.6) is 0 Å². The molecule has 5 heteroatoms. The van der Waals surface area contributed by atoms with Crippen LogP contribution in [0.1, 0.15) is 19.4 Å². The van der Waals surface area contributed by atoms with Crippen LogP contribution in [0.15, 0.2) is 30.5 Å². The quantitative estimate of drug-likeness (QED) is 0.654. The van der Waals surface area contributed by atoms with E-state index in [1.807, 2.05) is 30.5 Å². The van der Waals surface area contributed by atoms with E-state index in [0.29, 0.717) is 6.42 Å². The highest BCUT2D eigenvalue weighted by Gasteiger charge is 2.23. The van der Waals surface area contributed by atoms with Gasteiger partial charge in [0.25, 0.3) is 0 Å². The lowest BCUT2D eigenvalue weighted by Crippen LogP contribution is -2.52. The predicted octanol–water partition coefficient (Wildman–Crippen LogP) is 0.925. The number of aromatic amines is 1. The molecule has 1 aromatic carbocycles. The minimum absolute atomic E-state index is 0.126. The average molecular weight is 275 g/mol. The summed E-state index contributed by atoms with van der Waals surface area (Å²) < 4.78 is 0. The van der Waals surface area contributed by atoms with Gasteiger partial charge < -0.3 is 21.1 Å². The van der Waals surface area contributed by atoms with Gasteiger partial charge in [-0.05, 0) is 31.9 Å². The number of aromatic nitrogens is 1. The number of hydrogen-bond acceptors (Lipinski definition) is 3. The molecule has 0 aliphatic rings. The molecule has 0 bridgehead atoms. The maximum Gasteiger partial charge on any atom is 0.237 e. The highest BCUT2D eigenvalue weighted by molar-refractivity contribution is 5.86. The van der Waals surface area contributed by atoms with E-state index in [1.165, 1.54) is 0 Å². The molecule has 0 fully saturated rings. The van der Waals surface area contributed by atoms with Crippen LogP contribution >= 0.6 is 0 Å². The molecular weight excluding hydrogens is 254 g/mol. The van der Waals surface area contributed by atoms with Gasteiger partial charge in [-0.15, -0.1) is 0 Å². The number of hydrogen-bond donors (Lipinski definition) is 4. The fraction of sp³-hybridized carbons (Fsp3) is 0.400. The molecule has 20 heavy (non-hydrogen) atoms. The van der Waals surface area contributed by atoms with Crippen LogP contribution in [-0.2, 0) is 11.2 Å². The zero-order valence-electron chi connectivity index (χ0n) is 11.8. The van der Waals surface area contributed by atoms with Crippen molar-refractivity contribution in [3.63, 3.8) is 0 Å². The molecular formula is C15H21N3O2. The van der Waals surface area contributed by atoms with Crippen molar-refractivity contribution in [2.45, 2.75) is 31.8 Å². The standard InChI is InChI=1S/C15H21N3O2/c1-15(2,9-19)18-14(20)12(16)7-10-8-17-13-6-4-3-5-11(10)13/h3-6,8,12,17,19H,7,9,16H2,1-2H3,(H,18,20). The lowest BCUT2D eigenvalue weighted by atomic mass is 10.0. The van der Waals surface area contributed by atoms with Gasteiger partial charge in [-0.1, -0.05) is 18.2 Å². The van der Waals surface area contributed by atoms with Crippen molar-refractivity contribution in [2.75, 3.05) is 6.61 Å². The molecule has 0 aliphatic carbocycles. The number of carbonyl (C=O) groups is 1. The summed E-state index contributed by atoms with van der Waals surface area (Å²) in [7, 11) is 0. The molecule has 0 saturated carbocycles. The summed E-state index contributed by atoms with van der Waals surface area (Å²) in [6.07, 6.45) is 2.34. The van der Waals surface area contributed by atoms with Gasteiger partial charge >= 0.3 is 0 Å². The number of nitrogens with two attached hydrogens (primary N) is 1. The Bertz CT molecular complexity index is 604. The monoisotopic (exact) mass is 275 g/mol. The number of H-pyrrole nitrogens is 1. The van der Waals surface area contributed by atoms with E-state index in [-0.39, 0.29) is 12.5 Å². The summed E-state index contributed by atoms with van der Waals surface area (Å²) >= 11 is 0. The zero-order valence-corrected chi connectivity index (χ0v) is 11.8. The first-order valence-corrected chi connectivity index (χ1v) is 6.66. The Balaban J connectivity index is 2.08. The van der Waals surface area contributed by atoms with Gasteiger partial charge in [-0.3, -0.25) is 4.79 Å². The van der Waals surface area contributed by atoms with Crippen molar-refractivity contribution in [2.24, 2.45) is 5.73 Å². The van der Waals surface area contributed by atoms with Crippen LogP contribution in [-0.4, -0.2) is 34.2 Å². The molecule has 1 amide bonds. The van der Waals surface area contributed by atoms with Gasteiger partial charge in [0.2, 0.25) is 5.91 Å².